The maximum absolute atomic E-state index is 12.9. The van der Waals surface area contributed by atoms with Gasteiger partial charge in [0.15, 0.2) is 6.10 Å². The Morgan fingerprint density at radius 1 is 1.07 bits per heavy atom. The number of carbonyl (C=O) groups excluding carboxylic acids is 1. The van der Waals surface area contributed by atoms with Crippen molar-refractivity contribution in [2.75, 3.05) is 0 Å². The van der Waals surface area contributed by atoms with Gasteiger partial charge in [-0.1, -0.05) is 54.6 Å². The summed E-state index contributed by atoms with van der Waals surface area (Å²) in [6.45, 7) is 5.86. The molecule has 1 aliphatic rings. The molecule has 4 nitrogen and oxygen atoms in total. The molecule has 1 N–H and O–H groups in total. The first kappa shape index (κ1) is 18.4. The van der Waals surface area contributed by atoms with E-state index in [9.17, 15) is 4.79 Å². The number of carbonyl (C=O) groups is 1. The zero-order chi connectivity index (χ0) is 19.7. The number of ether oxygens (including phenoxy) is 2. The van der Waals surface area contributed by atoms with Crippen LogP contribution in [0.25, 0.3) is 10.8 Å². The molecule has 1 aliphatic heterocycles. The lowest BCUT2D eigenvalue weighted by molar-refractivity contribution is -0.128. The van der Waals surface area contributed by atoms with Crippen molar-refractivity contribution in [1.29, 1.82) is 0 Å². The summed E-state index contributed by atoms with van der Waals surface area (Å²) in [5.74, 6) is 1.41. The summed E-state index contributed by atoms with van der Waals surface area (Å²) < 4.78 is 12.1. The molecule has 0 spiro atoms. The molecule has 0 saturated heterocycles. The highest BCUT2D eigenvalue weighted by atomic mass is 16.5. The second-order valence-corrected chi connectivity index (χ2v) is 7.90. The molecule has 4 rings (SSSR count). The predicted molar refractivity (Wildman–Crippen MR) is 111 cm³/mol. The Kier molecular flexibility index (Phi) is 4.71. The van der Waals surface area contributed by atoms with Gasteiger partial charge in [-0.05, 0) is 38.3 Å². The average molecular weight is 375 g/mol. The van der Waals surface area contributed by atoms with Crippen LogP contribution in [0.4, 0.5) is 0 Å². The lowest BCUT2D eigenvalue weighted by Crippen LogP contribution is -2.44. The molecule has 0 radical (unpaired) electrons. The quantitative estimate of drug-likeness (QED) is 0.696. The number of fused-ring (bicyclic) bond motifs is 2. The van der Waals surface area contributed by atoms with Gasteiger partial charge in [0.2, 0.25) is 0 Å². The van der Waals surface area contributed by atoms with E-state index in [0.717, 1.165) is 22.1 Å². The predicted octanol–water partition coefficient (Wildman–Crippen LogP) is 5.03. The summed E-state index contributed by atoms with van der Waals surface area (Å²) in [6, 6.07) is 21.7. The fraction of sp³-hybridized carbons (Fsp3) is 0.292. The number of hydrogen-bond acceptors (Lipinski definition) is 3. The van der Waals surface area contributed by atoms with E-state index >= 15 is 0 Å². The SMILES string of the molecule is CC(Oc1cccc2ccccc12)C(=O)NC1CC(C)(C)Oc2ccccc21. The lowest BCUT2D eigenvalue weighted by Gasteiger charge is -2.38. The van der Waals surface area contributed by atoms with Crippen LogP contribution in [0.2, 0.25) is 0 Å². The fourth-order valence-electron chi connectivity index (χ4n) is 3.76. The topological polar surface area (TPSA) is 47.6 Å². The summed E-state index contributed by atoms with van der Waals surface area (Å²) in [5, 5.41) is 5.25. The molecule has 2 atom stereocenters. The van der Waals surface area contributed by atoms with E-state index in [1.54, 1.807) is 6.92 Å². The minimum Gasteiger partial charge on any atom is -0.487 e. The van der Waals surface area contributed by atoms with E-state index in [4.69, 9.17) is 9.47 Å². The van der Waals surface area contributed by atoms with Crippen LogP contribution in [0.1, 0.15) is 38.8 Å². The van der Waals surface area contributed by atoms with E-state index in [0.29, 0.717) is 12.2 Å². The van der Waals surface area contributed by atoms with Gasteiger partial charge in [-0.15, -0.1) is 0 Å². The molecule has 1 amide bonds. The highest BCUT2D eigenvalue weighted by Gasteiger charge is 2.35. The van der Waals surface area contributed by atoms with Crippen LogP contribution in [0.3, 0.4) is 0 Å². The van der Waals surface area contributed by atoms with Crippen molar-refractivity contribution < 1.29 is 14.3 Å². The van der Waals surface area contributed by atoms with Gasteiger partial charge < -0.3 is 14.8 Å². The third-order valence-corrected chi connectivity index (χ3v) is 5.12. The van der Waals surface area contributed by atoms with Gasteiger partial charge in [0, 0.05) is 17.4 Å². The zero-order valence-corrected chi connectivity index (χ0v) is 16.4. The van der Waals surface area contributed by atoms with Crippen LogP contribution < -0.4 is 14.8 Å². The average Bonchev–Trinajstić information content (AvgIpc) is 2.67. The Morgan fingerprint density at radius 3 is 2.64 bits per heavy atom. The molecule has 28 heavy (non-hydrogen) atoms. The maximum Gasteiger partial charge on any atom is 0.261 e. The summed E-state index contributed by atoms with van der Waals surface area (Å²) in [6.07, 6.45) is 0.0976. The molecule has 0 bridgehead atoms. The first-order valence-electron chi connectivity index (χ1n) is 9.66. The number of hydrogen-bond donors (Lipinski definition) is 1. The van der Waals surface area contributed by atoms with Gasteiger partial charge in [0.05, 0.1) is 6.04 Å². The Morgan fingerprint density at radius 2 is 1.79 bits per heavy atom. The normalized spacial score (nSPS) is 18.6. The molecule has 144 valence electrons. The molecule has 3 aromatic carbocycles. The highest BCUT2D eigenvalue weighted by Crippen LogP contribution is 2.39. The Hall–Kier alpha value is -3.01. The van der Waals surface area contributed by atoms with Crippen LogP contribution >= 0.6 is 0 Å². The first-order chi connectivity index (χ1) is 13.4. The van der Waals surface area contributed by atoms with Gasteiger partial charge in [0.25, 0.3) is 5.91 Å². The molecule has 0 aromatic heterocycles. The van der Waals surface area contributed by atoms with E-state index in [-0.39, 0.29) is 17.6 Å². The van der Waals surface area contributed by atoms with E-state index < -0.39 is 6.10 Å². The molecule has 0 saturated carbocycles. The van der Waals surface area contributed by atoms with Crippen molar-refractivity contribution in [3.05, 3.63) is 72.3 Å². The Labute approximate surface area is 165 Å². The van der Waals surface area contributed by atoms with Crippen molar-refractivity contribution in [3.8, 4) is 11.5 Å². The van der Waals surface area contributed by atoms with Crippen LogP contribution in [0.15, 0.2) is 66.7 Å². The van der Waals surface area contributed by atoms with Crippen molar-refractivity contribution >= 4 is 16.7 Å². The van der Waals surface area contributed by atoms with E-state index in [2.05, 4.69) is 5.32 Å². The zero-order valence-electron chi connectivity index (χ0n) is 16.4. The molecule has 4 heteroatoms. The summed E-state index contributed by atoms with van der Waals surface area (Å²) >= 11 is 0. The van der Waals surface area contributed by atoms with Crippen LogP contribution in [-0.2, 0) is 4.79 Å². The maximum atomic E-state index is 12.9. The van der Waals surface area contributed by atoms with Crippen molar-refractivity contribution in [2.24, 2.45) is 0 Å². The Balaban J connectivity index is 1.52. The molecule has 2 unspecified atom stereocenters. The number of nitrogens with one attached hydrogen (secondary N) is 1. The van der Waals surface area contributed by atoms with E-state index in [1.807, 2.05) is 80.6 Å². The number of para-hydroxylation sites is 1. The highest BCUT2D eigenvalue weighted by molar-refractivity contribution is 5.89. The smallest absolute Gasteiger partial charge is 0.261 e. The van der Waals surface area contributed by atoms with Crippen LogP contribution in [0.5, 0.6) is 11.5 Å². The summed E-state index contributed by atoms with van der Waals surface area (Å²) in [4.78, 5) is 12.9. The second kappa shape index (κ2) is 7.19. The monoisotopic (exact) mass is 375 g/mol. The van der Waals surface area contributed by atoms with Crippen molar-refractivity contribution in [2.45, 2.75) is 44.9 Å². The first-order valence-corrected chi connectivity index (χ1v) is 9.66. The second-order valence-electron chi connectivity index (χ2n) is 7.90. The van der Waals surface area contributed by atoms with Crippen LogP contribution in [0, 0.1) is 0 Å². The van der Waals surface area contributed by atoms with Crippen molar-refractivity contribution in [3.63, 3.8) is 0 Å². The molecular formula is C24H25NO3. The number of benzene rings is 3. The van der Waals surface area contributed by atoms with Gasteiger partial charge >= 0.3 is 0 Å². The third kappa shape index (κ3) is 3.68. The number of rotatable bonds is 4. The van der Waals surface area contributed by atoms with E-state index in [1.165, 1.54) is 0 Å². The standard InChI is InChI=1S/C24H25NO3/c1-16(27-21-14-8-10-17-9-4-5-11-18(17)21)23(26)25-20-15-24(2,3)28-22-13-7-6-12-19(20)22/h4-14,16,20H,15H2,1-3H3,(H,25,26). The molecule has 0 fully saturated rings. The lowest BCUT2D eigenvalue weighted by atomic mass is 9.89. The summed E-state index contributed by atoms with van der Waals surface area (Å²) in [5.41, 5.74) is 0.666. The molecule has 3 aromatic rings. The molecule has 0 aliphatic carbocycles. The van der Waals surface area contributed by atoms with Gasteiger partial charge in [0.1, 0.15) is 17.1 Å². The molecule has 1 heterocycles. The minimum absolute atomic E-state index is 0.106. The minimum atomic E-state index is -0.607. The van der Waals surface area contributed by atoms with Crippen molar-refractivity contribution in [1.82, 2.24) is 5.32 Å². The Bertz CT molecular complexity index is 1010. The largest absolute Gasteiger partial charge is 0.487 e. The number of amides is 1. The third-order valence-electron chi connectivity index (χ3n) is 5.12. The fourth-order valence-corrected chi connectivity index (χ4v) is 3.76. The van der Waals surface area contributed by atoms with Crippen LogP contribution in [-0.4, -0.2) is 17.6 Å². The van der Waals surface area contributed by atoms with Gasteiger partial charge in [-0.3, -0.25) is 4.79 Å². The molecular weight excluding hydrogens is 350 g/mol. The van der Waals surface area contributed by atoms with Gasteiger partial charge in [-0.2, -0.15) is 0 Å². The van der Waals surface area contributed by atoms with Gasteiger partial charge in [-0.25, -0.2) is 0 Å². The summed E-state index contributed by atoms with van der Waals surface area (Å²) in [7, 11) is 0.